The molecule has 3 atom stereocenters. The number of ether oxygens (including phenoxy) is 1. The molecule has 7 nitrogen and oxygen atoms in total. The number of piperidine rings is 4. The molecule has 0 spiro atoms. The van der Waals surface area contributed by atoms with Crippen LogP contribution in [0.2, 0.25) is 0 Å². The van der Waals surface area contributed by atoms with E-state index in [1.165, 1.54) is 12.8 Å². The molecule has 4 aliphatic rings. The number of carbonyl (C=O) groups is 2. The van der Waals surface area contributed by atoms with E-state index in [0.717, 1.165) is 58.4 Å². The third-order valence-electron chi connectivity index (χ3n) is 7.67. The van der Waals surface area contributed by atoms with Gasteiger partial charge in [0.25, 0.3) is 5.91 Å². The van der Waals surface area contributed by atoms with E-state index in [4.69, 9.17) is 4.74 Å². The van der Waals surface area contributed by atoms with E-state index in [0.29, 0.717) is 41.3 Å². The lowest BCUT2D eigenvalue weighted by molar-refractivity contribution is -0.145. The van der Waals surface area contributed by atoms with Gasteiger partial charge in [0.2, 0.25) is 11.8 Å². The third-order valence-corrected chi connectivity index (χ3v) is 7.67. The van der Waals surface area contributed by atoms with Crippen molar-refractivity contribution in [3.8, 4) is 5.88 Å². The number of fused-ring (bicyclic) bond motifs is 4. The molecule has 4 fully saturated rings. The topological polar surface area (TPSA) is 66.0 Å². The summed E-state index contributed by atoms with van der Waals surface area (Å²) in [7, 11) is 1.58. The molecule has 0 aliphatic carbocycles. The number of nitrogens with zero attached hydrogens (tertiary/aromatic N) is 4. The number of pyridine rings is 1. The van der Waals surface area contributed by atoms with Crippen LogP contribution in [-0.4, -0.2) is 83.4 Å². The molecular weight excluding hydrogens is 380 g/mol. The van der Waals surface area contributed by atoms with Crippen molar-refractivity contribution in [1.29, 1.82) is 0 Å². The van der Waals surface area contributed by atoms with Gasteiger partial charge in [0.05, 0.1) is 12.7 Å². The molecule has 0 saturated carbocycles. The minimum Gasteiger partial charge on any atom is -0.481 e. The fourth-order valence-electron chi connectivity index (χ4n) is 6.19. The average molecular weight is 413 g/mol. The molecule has 0 N–H and O–H groups in total. The highest BCUT2D eigenvalue weighted by atomic mass is 16.5. The summed E-state index contributed by atoms with van der Waals surface area (Å²) in [5, 5.41) is 0. The maximum absolute atomic E-state index is 12.8. The van der Waals surface area contributed by atoms with Gasteiger partial charge in [0, 0.05) is 63.5 Å². The maximum atomic E-state index is 12.8. The molecule has 30 heavy (non-hydrogen) atoms. The molecule has 7 heteroatoms. The lowest BCUT2D eigenvalue weighted by Gasteiger charge is -2.54. The summed E-state index contributed by atoms with van der Waals surface area (Å²) in [4.78, 5) is 36.2. The highest BCUT2D eigenvalue weighted by Gasteiger charge is 2.45. The van der Waals surface area contributed by atoms with E-state index in [2.05, 4.69) is 14.8 Å². The summed E-state index contributed by atoms with van der Waals surface area (Å²) in [6.45, 7) is 4.78. The van der Waals surface area contributed by atoms with E-state index in [1.54, 1.807) is 25.4 Å². The Balaban J connectivity index is 1.18. The van der Waals surface area contributed by atoms with Crippen molar-refractivity contribution in [2.45, 2.75) is 50.6 Å². The van der Waals surface area contributed by atoms with Gasteiger partial charge in [0.15, 0.2) is 0 Å². The smallest absolute Gasteiger partial charge is 0.255 e. The minimum atomic E-state index is 0.0653. The van der Waals surface area contributed by atoms with Gasteiger partial charge in [-0.1, -0.05) is 0 Å². The van der Waals surface area contributed by atoms with Gasteiger partial charge in [0.1, 0.15) is 0 Å². The summed E-state index contributed by atoms with van der Waals surface area (Å²) in [6, 6.07) is 4.56. The predicted octanol–water partition coefficient (Wildman–Crippen LogP) is 2.03. The Morgan fingerprint density at radius 3 is 2.70 bits per heavy atom. The van der Waals surface area contributed by atoms with Crippen LogP contribution in [-0.2, 0) is 4.79 Å². The number of hydrogen-bond donors (Lipinski definition) is 0. The summed E-state index contributed by atoms with van der Waals surface area (Å²) < 4.78 is 5.08. The zero-order valence-corrected chi connectivity index (χ0v) is 17.8. The van der Waals surface area contributed by atoms with Gasteiger partial charge >= 0.3 is 0 Å². The molecule has 0 aromatic carbocycles. The molecule has 5 rings (SSSR count). The van der Waals surface area contributed by atoms with E-state index in [1.807, 2.05) is 4.90 Å². The molecule has 2 bridgehead atoms. The Morgan fingerprint density at radius 1 is 1.13 bits per heavy atom. The second-order valence-corrected chi connectivity index (χ2v) is 9.43. The zero-order chi connectivity index (χ0) is 20.7. The van der Waals surface area contributed by atoms with Crippen LogP contribution in [0.4, 0.5) is 0 Å². The fourth-order valence-corrected chi connectivity index (χ4v) is 6.19. The number of methoxy groups -OCH3 is 1. The number of carbonyl (C=O) groups excluding carboxylic acids is 2. The Kier molecular flexibility index (Phi) is 5.39. The number of aromatic nitrogens is 1. The summed E-state index contributed by atoms with van der Waals surface area (Å²) >= 11 is 0. The number of hydrogen-bond acceptors (Lipinski definition) is 5. The van der Waals surface area contributed by atoms with E-state index < -0.39 is 0 Å². The average Bonchev–Trinajstić information content (AvgIpc) is 2.79. The highest BCUT2D eigenvalue weighted by Crippen LogP contribution is 2.39. The van der Waals surface area contributed by atoms with Crippen LogP contribution in [0, 0.1) is 11.8 Å². The van der Waals surface area contributed by atoms with Gasteiger partial charge < -0.3 is 14.5 Å². The Morgan fingerprint density at radius 2 is 1.97 bits per heavy atom. The number of likely N-dealkylation sites (tertiary alicyclic amines) is 2. The van der Waals surface area contributed by atoms with Gasteiger partial charge in [-0.05, 0) is 50.0 Å². The van der Waals surface area contributed by atoms with Crippen LogP contribution in [0.3, 0.4) is 0 Å². The van der Waals surface area contributed by atoms with Crippen LogP contribution >= 0.6 is 0 Å². The predicted molar refractivity (Wildman–Crippen MR) is 112 cm³/mol. The lowest BCUT2D eigenvalue weighted by Crippen LogP contribution is -2.62. The molecule has 162 valence electrons. The van der Waals surface area contributed by atoms with Gasteiger partial charge in [-0.3, -0.25) is 14.5 Å². The molecule has 2 amide bonds. The summed E-state index contributed by atoms with van der Waals surface area (Å²) in [6.07, 6.45) is 7.94. The molecule has 1 aromatic heterocycles. The first kappa shape index (κ1) is 19.8. The van der Waals surface area contributed by atoms with Crippen molar-refractivity contribution < 1.29 is 14.3 Å². The normalized spacial score (nSPS) is 30.2. The molecule has 0 radical (unpaired) electrons. The van der Waals surface area contributed by atoms with E-state index in [9.17, 15) is 9.59 Å². The standard InChI is InChI=1S/C23H32N4O3/c1-30-21-6-5-17(12-24-21)23(29)25-9-7-19(8-10-25)26-13-16-11-18(15-26)20-3-2-4-22(28)27(20)14-16/h5-6,12,16,18-20H,2-4,7-11,13-15H2,1H3/t16-,18-,20-/m1/s1. The third kappa shape index (κ3) is 3.68. The molecule has 4 saturated heterocycles. The zero-order valence-electron chi connectivity index (χ0n) is 17.8. The van der Waals surface area contributed by atoms with Crippen LogP contribution in [0.5, 0.6) is 5.88 Å². The fraction of sp³-hybridized carbons (Fsp3) is 0.696. The first-order valence-electron chi connectivity index (χ1n) is 11.4. The first-order chi connectivity index (χ1) is 14.6. The quantitative estimate of drug-likeness (QED) is 0.760. The van der Waals surface area contributed by atoms with E-state index >= 15 is 0 Å². The summed E-state index contributed by atoms with van der Waals surface area (Å²) in [5.74, 6) is 2.22. The second kappa shape index (κ2) is 8.17. The lowest BCUT2D eigenvalue weighted by atomic mass is 9.75. The monoisotopic (exact) mass is 412 g/mol. The highest BCUT2D eigenvalue weighted by molar-refractivity contribution is 5.94. The number of amides is 2. The maximum Gasteiger partial charge on any atom is 0.255 e. The Labute approximate surface area is 178 Å². The van der Waals surface area contributed by atoms with Gasteiger partial charge in [-0.2, -0.15) is 0 Å². The van der Waals surface area contributed by atoms with Crippen LogP contribution in [0.1, 0.15) is 48.9 Å². The molecule has 0 unspecified atom stereocenters. The van der Waals surface area contributed by atoms with Crippen LogP contribution in [0.15, 0.2) is 18.3 Å². The molecule has 5 heterocycles. The van der Waals surface area contributed by atoms with Gasteiger partial charge in [-0.15, -0.1) is 0 Å². The molecular formula is C23H32N4O3. The first-order valence-corrected chi connectivity index (χ1v) is 11.4. The van der Waals surface area contributed by atoms with Gasteiger partial charge in [-0.25, -0.2) is 4.98 Å². The van der Waals surface area contributed by atoms with Crippen molar-refractivity contribution in [2.75, 3.05) is 39.8 Å². The summed E-state index contributed by atoms with van der Waals surface area (Å²) in [5.41, 5.74) is 0.629. The Hall–Kier alpha value is -2.15. The van der Waals surface area contributed by atoms with Crippen molar-refractivity contribution >= 4 is 11.8 Å². The number of rotatable bonds is 3. The van der Waals surface area contributed by atoms with Crippen molar-refractivity contribution in [3.05, 3.63) is 23.9 Å². The van der Waals surface area contributed by atoms with Crippen molar-refractivity contribution in [1.82, 2.24) is 19.7 Å². The van der Waals surface area contributed by atoms with E-state index in [-0.39, 0.29) is 5.91 Å². The van der Waals surface area contributed by atoms with Crippen molar-refractivity contribution in [2.24, 2.45) is 11.8 Å². The van der Waals surface area contributed by atoms with Crippen LogP contribution < -0.4 is 4.74 Å². The SMILES string of the molecule is COc1ccc(C(=O)N2CCC(N3C[C@H]4C[C@H](C3)[C@H]3CCCC(=O)N3C4)CC2)cn1. The largest absolute Gasteiger partial charge is 0.481 e. The Bertz CT molecular complexity index is 790. The second-order valence-electron chi connectivity index (χ2n) is 9.43. The van der Waals surface area contributed by atoms with Crippen molar-refractivity contribution in [3.63, 3.8) is 0 Å². The van der Waals surface area contributed by atoms with Crippen LogP contribution in [0.25, 0.3) is 0 Å². The minimum absolute atomic E-state index is 0.0653. The molecule has 1 aromatic rings. The molecule has 4 aliphatic heterocycles.